The predicted octanol–water partition coefficient (Wildman–Crippen LogP) is 1.88. The third-order valence-corrected chi connectivity index (χ3v) is 6.63. The molecule has 2 heterocycles. The Morgan fingerprint density at radius 2 is 2.19 bits per heavy atom. The maximum atomic E-state index is 11.9. The van der Waals surface area contributed by atoms with Crippen LogP contribution in [0.4, 0.5) is 0 Å². The number of nitrogens with one attached hydrogen (secondary N) is 1. The van der Waals surface area contributed by atoms with Gasteiger partial charge in [-0.15, -0.1) is 0 Å². The molecule has 5 heteroatoms. The summed E-state index contributed by atoms with van der Waals surface area (Å²) in [4.78, 5) is 4.67. The summed E-state index contributed by atoms with van der Waals surface area (Å²) >= 11 is 0. The number of aromatic nitrogens is 1. The maximum absolute atomic E-state index is 11.9. The molecule has 0 bridgehead atoms. The summed E-state index contributed by atoms with van der Waals surface area (Å²) in [6, 6.07) is 4.24. The lowest BCUT2D eigenvalue weighted by Crippen LogP contribution is -2.43. The van der Waals surface area contributed by atoms with E-state index in [1.165, 1.54) is 24.1 Å². The number of fused-ring (bicyclic) bond motifs is 1. The molecule has 1 aromatic rings. The van der Waals surface area contributed by atoms with Crippen LogP contribution < -0.4 is 10.5 Å². The Labute approximate surface area is 129 Å². The SMILES string of the molecule is CC(C)(C[C@@H]1c2ncccc2CC12CCNCC2)S(N)=O. The molecule has 21 heavy (non-hydrogen) atoms. The molecule has 0 radical (unpaired) electrons. The first kappa shape index (κ1) is 15.1. The van der Waals surface area contributed by atoms with Gasteiger partial charge in [0.25, 0.3) is 0 Å². The maximum Gasteiger partial charge on any atom is 0.0945 e. The number of hydrogen-bond donors (Lipinski definition) is 2. The van der Waals surface area contributed by atoms with Crippen LogP contribution in [0.15, 0.2) is 18.3 Å². The molecule has 1 aliphatic heterocycles. The number of rotatable bonds is 3. The van der Waals surface area contributed by atoms with Crippen molar-refractivity contribution in [2.24, 2.45) is 10.6 Å². The first-order valence-corrected chi connectivity index (χ1v) is 8.97. The molecule has 0 saturated carbocycles. The van der Waals surface area contributed by atoms with Gasteiger partial charge in [0, 0.05) is 17.8 Å². The van der Waals surface area contributed by atoms with Crippen LogP contribution in [0.2, 0.25) is 0 Å². The van der Waals surface area contributed by atoms with Gasteiger partial charge >= 0.3 is 0 Å². The van der Waals surface area contributed by atoms with Gasteiger partial charge in [0.2, 0.25) is 0 Å². The Balaban J connectivity index is 1.97. The van der Waals surface area contributed by atoms with Gasteiger partial charge in [-0.05, 0) is 69.7 Å². The van der Waals surface area contributed by atoms with Crippen molar-refractivity contribution in [3.63, 3.8) is 0 Å². The van der Waals surface area contributed by atoms with Crippen molar-refractivity contribution < 1.29 is 4.21 Å². The molecule has 1 spiro atoms. The van der Waals surface area contributed by atoms with Crippen LogP contribution >= 0.6 is 0 Å². The first-order valence-electron chi connectivity index (χ1n) is 7.75. The molecule has 1 aliphatic carbocycles. The minimum absolute atomic E-state index is 0.276. The van der Waals surface area contributed by atoms with Gasteiger partial charge in [0.1, 0.15) is 0 Å². The highest BCUT2D eigenvalue weighted by molar-refractivity contribution is 7.84. The second-order valence-electron chi connectivity index (χ2n) is 7.15. The molecular formula is C16H25N3OS. The van der Waals surface area contributed by atoms with Crippen molar-refractivity contribution in [2.45, 2.75) is 50.2 Å². The Bertz CT molecular complexity index is 552. The lowest BCUT2D eigenvalue weighted by atomic mass is 9.67. The molecular weight excluding hydrogens is 282 g/mol. The van der Waals surface area contributed by atoms with E-state index in [1.807, 2.05) is 26.1 Å². The molecule has 1 saturated heterocycles. The summed E-state index contributed by atoms with van der Waals surface area (Å²) in [5.74, 6) is 0.373. The fraction of sp³-hybridized carbons (Fsp3) is 0.688. The number of piperidine rings is 1. The molecule has 3 N–H and O–H groups in total. The highest BCUT2D eigenvalue weighted by atomic mass is 32.2. The van der Waals surface area contributed by atoms with Crippen LogP contribution in [0.5, 0.6) is 0 Å². The van der Waals surface area contributed by atoms with Gasteiger partial charge < -0.3 is 5.32 Å². The number of hydrogen-bond acceptors (Lipinski definition) is 3. The fourth-order valence-electron chi connectivity index (χ4n) is 4.04. The zero-order valence-corrected chi connectivity index (χ0v) is 13.7. The van der Waals surface area contributed by atoms with E-state index in [-0.39, 0.29) is 10.2 Å². The van der Waals surface area contributed by atoms with E-state index >= 15 is 0 Å². The zero-order valence-electron chi connectivity index (χ0n) is 12.9. The van der Waals surface area contributed by atoms with E-state index in [9.17, 15) is 4.21 Å². The molecule has 1 aromatic heterocycles. The van der Waals surface area contributed by atoms with Gasteiger partial charge in [-0.25, -0.2) is 4.21 Å². The van der Waals surface area contributed by atoms with Gasteiger partial charge in [-0.2, -0.15) is 0 Å². The van der Waals surface area contributed by atoms with Crippen molar-refractivity contribution in [3.8, 4) is 0 Å². The molecule has 0 amide bonds. The standard InChI is InChI=1S/C16H25N3OS/c1-15(2,21(17)20)11-13-14-12(4-3-7-19-14)10-16(13)5-8-18-9-6-16/h3-4,7,13,18H,5-6,8-11,17H2,1-2H3/t13-,21?/m1/s1. The second-order valence-corrected chi connectivity index (χ2v) is 8.85. The van der Waals surface area contributed by atoms with Crippen molar-refractivity contribution in [3.05, 3.63) is 29.6 Å². The van der Waals surface area contributed by atoms with E-state index in [0.29, 0.717) is 5.92 Å². The smallest absolute Gasteiger partial charge is 0.0945 e. The number of nitrogens with zero attached hydrogens (tertiary/aromatic N) is 1. The second kappa shape index (κ2) is 5.45. The van der Waals surface area contributed by atoms with Crippen molar-refractivity contribution in [2.75, 3.05) is 13.1 Å². The van der Waals surface area contributed by atoms with Gasteiger partial charge in [-0.1, -0.05) is 6.07 Å². The Hall–Kier alpha value is -0.780. The predicted molar refractivity (Wildman–Crippen MR) is 86.2 cm³/mol. The Kier molecular flexibility index (Phi) is 3.93. The van der Waals surface area contributed by atoms with Crippen molar-refractivity contribution in [1.82, 2.24) is 10.3 Å². The zero-order chi connectivity index (χ0) is 15.1. The lowest BCUT2D eigenvalue weighted by molar-refractivity contribution is 0.157. The average Bonchev–Trinajstić information content (AvgIpc) is 2.73. The summed E-state index contributed by atoms with van der Waals surface area (Å²) in [6.07, 6.45) is 6.18. The molecule has 2 aliphatic rings. The molecule has 4 nitrogen and oxygen atoms in total. The third-order valence-electron chi connectivity index (χ3n) is 5.38. The molecule has 0 aromatic carbocycles. The lowest BCUT2D eigenvalue weighted by Gasteiger charge is -2.41. The van der Waals surface area contributed by atoms with Crippen molar-refractivity contribution in [1.29, 1.82) is 0 Å². The summed E-state index contributed by atoms with van der Waals surface area (Å²) in [5.41, 5.74) is 2.87. The number of pyridine rings is 1. The summed E-state index contributed by atoms with van der Waals surface area (Å²) in [7, 11) is -1.31. The summed E-state index contributed by atoms with van der Waals surface area (Å²) in [5, 5.41) is 9.19. The largest absolute Gasteiger partial charge is 0.317 e. The average molecular weight is 307 g/mol. The van der Waals surface area contributed by atoms with Crippen LogP contribution in [-0.4, -0.2) is 27.0 Å². The van der Waals surface area contributed by atoms with E-state index in [2.05, 4.69) is 16.4 Å². The van der Waals surface area contributed by atoms with Gasteiger partial charge in [0.15, 0.2) is 0 Å². The van der Waals surface area contributed by atoms with Crippen LogP contribution in [0.1, 0.15) is 50.3 Å². The molecule has 116 valence electrons. The molecule has 2 atom stereocenters. The van der Waals surface area contributed by atoms with Gasteiger partial charge in [0.05, 0.1) is 15.7 Å². The van der Waals surface area contributed by atoms with E-state index in [1.54, 1.807) is 0 Å². The van der Waals surface area contributed by atoms with Crippen LogP contribution in [0.3, 0.4) is 0 Å². The van der Waals surface area contributed by atoms with Crippen molar-refractivity contribution >= 4 is 11.0 Å². The van der Waals surface area contributed by atoms with Crippen LogP contribution in [0.25, 0.3) is 0 Å². The first-order chi connectivity index (χ1) is 9.95. The topological polar surface area (TPSA) is 68.0 Å². The highest BCUT2D eigenvalue weighted by Gasteiger charge is 2.49. The van der Waals surface area contributed by atoms with E-state index in [4.69, 9.17) is 5.14 Å². The van der Waals surface area contributed by atoms with Crippen LogP contribution in [0, 0.1) is 5.41 Å². The normalized spacial score (nSPS) is 25.8. The molecule has 3 rings (SSSR count). The monoisotopic (exact) mass is 307 g/mol. The molecule has 1 fully saturated rings. The molecule has 1 unspecified atom stereocenters. The highest BCUT2D eigenvalue weighted by Crippen LogP contribution is 2.54. The quantitative estimate of drug-likeness (QED) is 0.896. The Morgan fingerprint density at radius 3 is 2.86 bits per heavy atom. The van der Waals surface area contributed by atoms with Crippen LogP contribution in [-0.2, 0) is 17.4 Å². The minimum atomic E-state index is -1.31. The summed E-state index contributed by atoms with van der Waals surface area (Å²) in [6.45, 7) is 6.16. The van der Waals surface area contributed by atoms with E-state index in [0.717, 1.165) is 25.9 Å². The number of nitrogens with two attached hydrogens (primary N) is 1. The van der Waals surface area contributed by atoms with Gasteiger partial charge in [-0.3, -0.25) is 10.1 Å². The third kappa shape index (κ3) is 2.67. The van der Waals surface area contributed by atoms with E-state index < -0.39 is 11.0 Å². The minimum Gasteiger partial charge on any atom is -0.317 e. The Morgan fingerprint density at radius 1 is 1.48 bits per heavy atom. The summed E-state index contributed by atoms with van der Waals surface area (Å²) < 4.78 is 11.5. The fourth-order valence-corrected chi connectivity index (χ4v) is 4.37.